The molecule has 0 nitrogen and oxygen atoms in total. The summed E-state index contributed by atoms with van der Waals surface area (Å²) in [6, 6.07) is 0. The van der Waals surface area contributed by atoms with Crippen molar-refractivity contribution in [2.24, 2.45) is 11.8 Å². The number of rotatable bonds is 1. The maximum atomic E-state index is 12.9. The third kappa shape index (κ3) is 1.46. The number of hydrogen-bond donors (Lipinski definition) is 0. The minimum atomic E-state index is -1.86. The second kappa shape index (κ2) is 2.93. The van der Waals surface area contributed by atoms with Crippen molar-refractivity contribution < 1.29 is 13.2 Å². The Bertz CT molecular complexity index is 155. The Balaban J connectivity index is 1.94. The van der Waals surface area contributed by atoms with Crippen LogP contribution in [-0.2, 0) is 0 Å². The van der Waals surface area contributed by atoms with E-state index in [9.17, 15) is 13.2 Å². The molecule has 0 N–H and O–H groups in total. The maximum Gasteiger partial charge on any atom is 0.162 e. The van der Waals surface area contributed by atoms with E-state index in [1.807, 2.05) is 0 Å². The highest BCUT2D eigenvalue weighted by atomic mass is 19.2. The Hall–Kier alpha value is -0.210. The van der Waals surface area contributed by atoms with Crippen LogP contribution in [-0.4, -0.2) is 18.5 Å². The van der Waals surface area contributed by atoms with E-state index in [-0.39, 0.29) is 18.8 Å². The van der Waals surface area contributed by atoms with Crippen molar-refractivity contribution in [3.05, 3.63) is 0 Å². The minimum Gasteiger partial charge on any atom is -0.244 e. The van der Waals surface area contributed by atoms with E-state index in [4.69, 9.17) is 0 Å². The summed E-state index contributed by atoms with van der Waals surface area (Å²) in [5, 5.41) is 0. The predicted octanol–water partition coefficient (Wildman–Crippen LogP) is 2.82. The standard InChI is InChI=1S/C9H13F3/c10-7-3-6(5-1-2-5)4-8(11)9(7)12/h5-9H,1-4H2. The first kappa shape index (κ1) is 8.39. The molecule has 0 aliphatic heterocycles. The molecule has 2 atom stereocenters. The lowest BCUT2D eigenvalue weighted by Crippen LogP contribution is -2.37. The van der Waals surface area contributed by atoms with Crippen LogP contribution in [0.5, 0.6) is 0 Å². The molecule has 0 spiro atoms. The van der Waals surface area contributed by atoms with Crippen LogP contribution in [0.4, 0.5) is 13.2 Å². The first-order chi connectivity index (χ1) is 5.68. The molecule has 0 aromatic carbocycles. The summed E-state index contributed by atoms with van der Waals surface area (Å²) >= 11 is 0. The fraction of sp³-hybridized carbons (Fsp3) is 1.00. The van der Waals surface area contributed by atoms with Gasteiger partial charge in [0, 0.05) is 0 Å². The van der Waals surface area contributed by atoms with E-state index in [1.165, 1.54) is 0 Å². The second-order valence-corrected chi connectivity index (χ2v) is 4.05. The van der Waals surface area contributed by atoms with Crippen LogP contribution >= 0.6 is 0 Å². The Kier molecular flexibility index (Phi) is 2.05. The van der Waals surface area contributed by atoms with Gasteiger partial charge in [-0.15, -0.1) is 0 Å². The molecule has 0 aromatic heterocycles. The van der Waals surface area contributed by atoms with Crippen molar-refractivity contribution >= 4 is 0 Å². The first-order valence-corrected chi connectivity index (χ1v) is 4.60. The number of alkyl halides is 3. The molecule has 0 radical (unpaired) electrons. The molecule has 0 aromatic rings. The van der Waals surface area contributed by atoms with Gasteiger partial charge < -0.3 is 0 Å². The average Bonchev–Trinajstić information content (AvgIpc) is 2.81. The molecular weight excluding hydrogens is 165 g/mol. The van der Waals surface area contributed by atoms with Crippen LogP contribution in [0.1, 0.15) is 25.7 Å². The van der Waals surface area contributed by atoms with Gasteiger partial charge in [-0.2, -0.15) is 0 Å². The lowest BCUT2D eigenvalue weighted by atomic mass is 9.82. The second-order valence-electron chi connectivity index (χ2n) is 4.05. The summed E-state index contributed by atoms with van der Waals surface area (Å²) in [4.78, 5) is 0. The summed E-state index contributed by atoms with van der Waals surface area (Å²) in [7, 11) is 0. The zero-order chi connectivity index (χ0) is 8.72. The molecule has 0 saturated heterocycles. The first-order valence-electron chi connectivity index (χ1n) is 4.60. The molecule has 0 bridgehead atoms. The summed E-state index contributed by atoms with van der Waals surface area (Å²) < 4.78 is 38.4. The van der Waals surface area contributed by atoms with Crippen LogP contribution in [0.2, 0.25) is 0 Å². The van der Waals surface area contributed by atoms with Crippen LogP contribution < -0.4 is 0 Å². The van der Waals surface area contributed by atoms with E-state index < -0.39 is 18.5 Å². The lowest BCUT2D eigenvalue weighted by Gasteiger charge is -2.30. The average molecular weight is 178 g/mol. The molecule has 0 heterocycles. The molecule has 3 heteroatoms. The van der Waals surface area contributed by atoms with Crippen molar-refractivity contribution in [3.63, 3.8) is 0 Å². The smallest absolute Gasteiger partial charge is 0.162 e. The van der Waals surface area contributed by atoms with E-state index >= 15 is 0 Å². The molecular formula is C9H13F3. The summed E-state index contributed by atoms with van der Waals surface area (Å²) in [6.45, 7) is 0. The van der Waals surface area contributed by atoms with Gasteiger partial charge in [-0.1, -0.05) is 0 Å². The van der Waals surface area contributed by atoms with Crippen LogP contribution in [0.25, 0.3) is 0 Å². The van der Waals surface area contributed by atoms with E-state index in [2.05, 4.69) is 0 Å². The minimum absolute atomic E-state index is 0.113. The van der Waals surface area contributed by atoms with Gasteiger partial charge in [0.2, 0.25) is 0 Å². The third-order valence-electron chi connectivity index (χ3n) is 3.04. The molecule has 2 fully saturated rings. The fourth-order valence-electron chi connectivity index (χ4n) is 2.11. The van der Waals surface area contributed by atoms with Crippen molar-refractivity contribution in [3.8, 4) is 0 Å². The summed E-state index contributed by atoms with van der Waals surface area (Å²) in [5.41, 5.74) is 0. The predicted molar refractivity (Wildman–Crippen MR) is 40.1 cm³/mol. The number of halogens is 3. The maximum absolute atomic E-state index is 12.9. The molecule has 0 amide bonds. The molecule has 2 saturated carbocycles. The third-order valence-corrected chi connectivity index (χ3v) is 3.04. The fourth-order valence-corrected chi connectivity index (χ4v) is 2.11. The Morgan fingerprint density at radius 3 is 1.67 bits per heavy atom. The molecule has 70 valence electrons. The van der Waals surface area contributed by atoms with Gasteiger partial charge in [0.25, 0.3) is 0 Å². The van der Waals surface area contributed by atoms with E-state index in [0.717, 1.165) is 12.8 Å². The normalized spacial score (nSPS) is 49.2. The Labute approximate surface area is 70.1 Å². The van der Waals surface area contributed by atoms with Crippen molar-refractivity contribution in [2.45, 2.75) is 44.2 Å². The van der Waals surface area contributed by atoms with Gasteiger partial charge in [-0.25, -0.2) is 13.2 Å². The highest BCUT2D eigenvalue weighted by Crippen LogP contribution is 2.45. The molecule has 2 aliphatic carbocycles. The summed E-state index contributed by atoms with van der Waals surface area (Å²) in [5.74, 6) is 0.607. The van der Waals surface area contributed by atoms with Crippen LogP contribution in [0.3, 0.4) is 0 Å². The largest absolute Gasteiger partial charge is 0.244 e. The highest BCUT2D eigenvalue weighted by Gasteiger charge is 2.43. The topological polar surface area (TPSA) is 0 Å². The highest BCUT2D eigenvalue weighted by molar-refractivity contribution is 4.93. The van der Waals surface area contributed by atoms with Crippen molar-refractivity contribution in [1.82, 2.24) is 0 Å². The SMILES string of the molecule is FC1CC(C2CC2)CC(F)C1F. The van der Waals surface area contributed by atoms with Gasteiger partial charge >= 0.3 is 0 Å². The van der Waals surface area contributed by atoms with E-state index in [0.29, 0.717) is 5.92 Å². The summed E-state index contributed by atoms with van der Waals surface area (Å²) in [6.07, 6.45) is -2.32. The van der Waals surface area contributed by atoms with Gasteiger partial charge in [0.1, 0.15) is 12.3 Å². The quantitative estimate of drug-likeness (QED) is 0.579. The van der Waals surface area contributed by atoms with Crippen LogP contribution in [0.15, 0.2) is 0 Å². The van der Waals surface area contributed by atoms with Crippen molar-refractivity contribution in [2.75, 3.05) is 0 Å². The van der Waals surface area contributed by atoms with Gasteiger partial charge in [0.15, 0.2) is 6.17 Å². The molecule has 12 heavy (non-hydrogen) atoms. The number of hydrogen-bond acceptors (Lipinski definition) is 0. The van der Waals surface area contributed by atoms with Gasteiger partial charge in [-0.05, 0) is 37.5 Å². The Morgan fingerprint density at radius 2 is 1.25 bits per heavy atom. The Morgan fingerprint density at radius 1 is 0.750 bits per heavy atom. The lowest BCUT2D eigenvalue weighted by molar-refractivity contribution is 0.0129. The van der Waals surface area contributed by atoms with Gasteiger partial charge in [-0.3, -0.25) is 0 Å². The zero-order valence-electron chi connectivity index (χ0n) is 6.85. The van der Waals surface area contributed by atoms with Crippen LogP contribution in [0, 0.1) is 11.8 Å². The molecule has 2 rings (SSSR count). The molecule has 2 unspecified atom stereocenters. The molecule has 2 aliphatic rings. The van der Waals surface area contributed by atoms with Gasteiger partial charge in [0.05, 0.1) is 0 Å². The zero-order valence-corrected chi connectivity index (χ0v) is 6.85. The van der Waals surface area contributed by atoms with Crippen molar-refractivity contribution in [1.29, 1.82) is 0 Å². The monoisotopic (exact) mass is 178 g/mol. The van der Waals surface area contributed by atoms with E-state index in [1.54, 1.807) is 0 Å².